The van der Waals surface area contributed by atoms with Gasteiger partial charge < -0.3 is 4.42 Å². The first-order chi connectivity index (χ1) is 10.4. The summed E-state index contributed by atoms with van der Waals surface area (Å²) < 4.78 is 5.68. The number of benzene rings is 3. The molecule has 1 heterocycles. The Hall–Kier alpha value is -2.87. The van der Waals surface area contributed by atoms with E-state index in [0.717, 1.165) is 16.7 Å². The fraction of sp³-hybridized carbons (Fsp3) is 0. The summed E-state index contributed by atoms with van der Waals surface area (Å²) in [5, 5.41) is 2.48. The monoisotopic (exact) mass is 271 g/mol. The van der Waals surface area contributed by atoms with Crippen molar-refractivity contribution in [1.29, 1.82) is 0 Å². The zero-order valence-electron chi connectivity index (χ0n) is 11.4. The summed E-state index contributed by atoms with van der Waals surface area (Å²) in [6, 6.07) is 22.5. The molecule has 4 aromatic rings. The lowest BCUT2D eigenvalue weighted by atomic mass is 10.1. The van der Waals surface area contributed by atoms with Crippen molar-refractivity contribution in [3.8, 4) is 0 Å². The van der Waals surface area contributed by atoms with E-state index in [-0.39, 0.29) is 0 Å². The summed E-state index contributed by atoms with van der Waals surface area (Å²) in [6.07, 6.45) is 3.93. The van der Waals surface area contributed by atoms with E-state index in [1.165, 1.54) is 10.8 Å². The number of para-hydroxylation sites is 2. The maximum Gasteiger partial charge on any atom is 0.220 e. The molecule has 0 saturated heterocycles. The van der Waals surface area contributed by atoms with Gasteiger partial charge >= 0.3 is 0 Å². The van der Waals surface area contributed by atoms with Crippen LogP contribution in [0.4, 0.5) is 0 Å². The Morgan fingerprint density at radius 2 is 1.57 bits per heavy atom. The van der Waals surface area contributed by atoms with Crippen molar-refractivity contribution in [3.05, 3.63) is 78.2 Å². The molecule has 0 saturated carbocycles. The van der Waals surface area contributed by atoms with E-state index < -0.39 is 0 Å². The third-order valence-corrected chi connectivity index (χ3v) is 3.50. The molecule has 0 unspecified atom stereocenters. The fourth-order valence-corrected chi connectivity index (χ4v) is 2.44. The first-order valence-corrected chi connectivity index (χ1v) is 6.91. The average Bonchev–Trinajstić information content (AvgIpc) is 2.95. The van der Waals surface area contributed by atoms with E-state index >= 15 is 0 Å². The molecular formula is C19H13NO. The van der Waals surface area contributed by atoms with Crippen molar-refractivity contribution < 1.29 is 4.42 Å². The largest absolute Gasteiger partial charge is 0.437 e. The molecule has 0 spiro atoms. The summed E-state index contributed by atoms with van der Waals surface area (Å²) in [5.74, 6) is 0.629. The highest BCUT2D eigenvalue weighted by Gasteiger charge is 2.01. The standard InChI is InChI=1S/C19H13NO/c1-2-6-16-13-14(9-11-15(16)5-1)10-12-19-20-17-7-3-4-8-18(17)21-19/h1-13H. The summed E-state index contributed by atoms with van der Waals surface area (Å²) in [7, 11) is 0. The van der Waals surface area contributed by atoms with Crippen LogP contribution in [0.3, 0.4) is 0 Å². The highest BCUT2D eigenvalue weighted by Crippen LogP contribution is 2.19. The SMILES string of the molecule is C(=Cc1nc2ccccc2o1)c1ccc2ccccc2c1. The molecule has 0 aliphatic heterocycles. The van der Waals surface area contributed by atoms with E-state index in [0.29, 0.717) is 5.89 Å². The lowest BCUT2D eigenvalue weighted by molar-refractivity contribution is 0.590. The molecular weight excluding hydrogens is 258 g/mol. The molecule has 0 amide bonds. The molecule has 0 aliphatic carbocycles. The predicted octanol–water partition coefficient (Wildman–Crippen LogP) is 5.15. The van der Waals surface area contributed by atoms with Crippen LogP contribution >= 0.6 is 0 Å². The maximum atomic E-state index is 5.68. The van der Waals surface area contributed by atoms with Crippen LogP contribution in [0.2, 0.25) is 0 Å². The van der Waals surface area contributed by atoms with Gasteiger partial charge in [0.05, 0.1) is 0 Å². The highest BCUT2D eigenvalue weighted by molar-refractivity contribution is 5.86. The zero-order valence-corrected chi connectivity index (χ0v) is 11.4. The number of nitrogens with zero attached hydrogens (tertiary/aromatic N) is 1. The second kappa shape index (κ2) is 4.91. The second-order valence-corrected chi connectivity index (χ2v) is 4.96. The molecule has 0 fully saturated rings. The second-order valence-electron chi connectivity index (χ2n) is 4.96. The Balaban J connectivity index is 1.69. The van der Waals surface area contributed by atoms with Crippen LogP contribution in [-0.4, -0.2) is 4.98 Å². The molecule has 0 N–H and O–H groups in total. The topological polar surface area (TPSA) is 26.0 Å². The molecule has 0 bridgehead atoms. The normalized spacial score (nSPS) is 11.6. The molecule has 100 valence electrons. The van der Waals surface area contributed by atoms with Crippen LogP contribution in [-0.2, 0) is 0 Å². The zero-order chi connectivity index (χ0) is 14.1. The van der Waals surface area contributed by atoms with E-state index in [1.807, 2.05) is 36.4 Å². The van der Waals surface area contributed by atoms with Crippen LogP contribution in [0.5, 0.6) is 0 Å². The Labute approximate surface area is 122 Å². The molecule has 2 heteroatoms. The van der Waals surface area contributed by atoms with Gasteiger partial charge in [-0.05, 0) is 40.6 Å². The van der Waals surface area contributed by atoms with E-state index in [1.54, 1.807) is 0 Å². The van der Waals surface area contributed by atoms with Crippen LogP contribution < -0.4 is 0 Å². The summed E-state index contributed by atoms with van der Waals surface area (Å²) in [6.45, 7) is 0. The molecule has 3 aromatic carbocycles. The minimum Gasteiger partial charge on any atom is -0.437 e. The molecule has 1 aromatic heterocycles. The van der Waals surface area contributed by atoms with Crippen LogP contribution in [0, 0.1) is 0 Å². The number of rotatable bonds is 2. The van der Waals surface area contributed by atoms with E-state index in [4.69, 9.17) is 4.42 Å². The van der Waals surface area contributed by atoms with E-state index in [9.17, 15) is 0 Å². The van der Waals surface area contributed by atoms with Crippen molar-refractivity contribution in [2.45, 2.75) is 0 Å². The van der Waals surface area contributed by atoms with Gasteiger partial charge in [0.1, 0.15) is 5.52 Å². The van der Waals surface area contributed by atoms with Gasteiger partial charge in [-0.2, -0.15) is 0 Å². The smallest absolute Gasteiger partial charge is 0.220 e. The quantitative estimate of drug-likeness (QED) is 0.504. The van der Waals surface area contributed by atoms with E-state index in [2.05, 4.69) is 47.4 Å². The third kappa shape index (κ3) is 2.32. The van der Waals surface area contributed by atoms with Gasteiger partial charge in [-0.15, -0.1) is 0 Å². The molecule has 2 nitrogen and oxygen atoms in total. The lowest BCUT2D eigenvalue weighted by Crippen LogP contribution is -1.75. The van der Waals surface area contributed by atoms with Gasteiger partial charge in [-0.25, -0.2) is 4.98 Å². The van der Waals surface area contributed by atoms with Crippen LogP contribution in [0.15, 0.2) is 71.1 Å². The van der Waals surface area contributed by atoms with Crippen molar-refractivity contribution in [3.63, 3.8) is 0 Å². The van der Waals surface area contributed by atoms with Gasteiger partial charge in [0.15, 0.2) is 5.58 Å². The van der Waals surface area contributed by atoms with Crippen LogP contribution in [0.25, 0.3) is 34.0 Å². The highest BCUT2D eigenvalue weighted by atomic mass is 16.3. The van der Waals surface area contributed by atoms with Gasteiger partial charge in [-0.3, -0.25) is 0 Å². The Morgan fingerprint density at radius 1 is 0.762 bits per heavy atom. The van der Waals surface area contributed by atoms with Crippen LogP contribution in [0.1, 0.15) is 11.5 Å². The average molecular weight is 271 g/mol. The van der Waals surface area contributed by atoms with Gasteiger partial charge in [0, 0.05) is 6.08 Å². The lowest BCUT2D eigenvalue weighted by Gasteiger charge is -1.98. The summed E-state index contributed by atoms with van der Waals surface area (Å²) >= 11 is 0. The third-order valence-electron chi connectivity index (χ3n) is 3.50. The molecule has 0 atom stereocenters. The minimum atomic E-state index is 0.629. The minimum absolute atomic E-state index is 0.629. The Morgan fingerprint density at radius 3 is 2.48 bits per heavy atom. The van der Waals surface area contributed by atoms with Crippen molar-refractivity contribution >= 4 is 34.0 Å². The number of fused-ring (bicyclic) bond motifs is 2. The fourth-order valence-electron chi connectivity index (χ4n) is 2.44. The Bertz CT molecular complexity index is 917. The van der Waals surface area contributed by atoms with Crippen molar-refractivity contribution in [2.75, 3.05) is 0 Å². The number of hydrogen-bond acceptors (Lipinski definition) is 2. The summed E-state index contributed by atoms with van der Waals surface area (Å²) in [5.41, 5.74) is 2.84. The maximum absolute atomic E-state index is 5.68. The number of aromatic nitrogens is 1. The molecule has 4 rings (SSSR count). The van der Waals surface area contributed by atoms with Gasteiger partial charge in [0.25, 0.3) is 0 Å². The van der Waals surface area contributed by atoms with Crippen molar-refractivity contribution in [2.24, 2.45) is 0 Å². The van der Waals surface area contributed by atoms with Gasteiger partial charge in [-0.1, -0.05) is 48.5 Å². The van der Waals surface area contributed by atoms with Gasteiger partial charge in [0.2, 0.25) is 5.89 Å². The first kappa shape index (κ1) is 11.9. The number of hydrogen-bond donors (Lipinski definition) is 0. The Kier molecular flexibility index (Phi) is 2.79. The molecule has 0 aliphatic rings. The summed E-state index contributed by atoms with van der Waals surface area (Å²) in [4.78, 5) is 4.44. The molecule has 0 radical (unpaired) electrons. The first-order valence-electron chi connectivity index (χ1n) is 6.91. The number of oxazole rings is 1. The van der Waals surface area contributed by atoms with Crippen molar-refractivity contribution in [1.82, 2.24) is 4.98 Å². The molecule has 21 heavy (non-hydrogen) atoms. The predicted molar refractivity (Wildman–Crippen MR) is 86.9 cm³/mol.